The molecule has 0 bridgehead atoms. The summed E-state index contributed by atoms with van der Waals surface area (Å²) >= 11 is 7.04. The van der Waals surface area contributed by atoms with Gasteiger partial charge in [0, 0.05) is 16.1 Å². The first-order valence-electron chi connectivity index (χ1n) is 8.41. The first kappa shape index (κ1) is 20.8. The highest BCUT2D eigenvalue weighted by Gasteiger charge is 2.19. The van der Waals surface area contributed by atoms with Gasteiger partial charge in [-0.1, -0.05) is 23.4 Å². The number of aromatic nitrogens is 3. The Bertz CT molecular complexity index is 999. The minimum absolute atomic E-state index is 0.0657. The maximum Gasteiger partial charge on any atom is 0.210 e. The third-order valence-electron chi connectivity index (χ3n) is 4.09. The van der Waals surface area contributed by atoms with Gasteiger partial charge in [0.05, 0.1) is 27.1 Å². The van der Waals surface area contributed by atoms with Crippen molar-refractivity contribution in [2.24, 2.45) is 0 Å². The monoisotopic (exact) mass is 434 g/mol. The zero-order valence-electron chi connectivity index (χ0n) is 16.0. The molecule has 0 saturated heterocycles. The number of thioether (sulfide) groups is 1. The molecule has 0 spiro atoms. The first-order valence-corrected chi connectivity index (χ1v) is 9.77. The third kappa shape index (κ3) is 4.41. The Morgan fingerprint density at radius 2 is 1.69 bits per heavy atom. The Morgan fingerprint density at radius 1 is 1.07 bits per heavy atom. The zero-order valence-corrected chi connectivity index (χ0v) is 17.6. The van der Waals surface area contributed by atoms with Gasteiger partial charge in [0.15, 0.2) is 23.1 Å². The fourth-order valence-electron chi connectivity index (χ4n) is 2.63. The Balaban J connectivity index is 1.82. The lowest BCUT2D eigenvalue weighted by Gasteiger charge is -2.13. The molecule has 10 heteroatoms. The van der Waals surface area contributed by atoms with Crippen LogP contribution in [0.2, 0.25) is 5.02 Å². The van der Waals surface area contributed by atoms with Crippen molar-refractivity contribution in [3.63, 3.8) is 0 Å². The number of ether oxygens (including phenoxy) is 3. The molecule has 0 aliphatic carbocycles. The molecule has 8 nitrogen and oxygen atoms in total. The highest BCUT2D eigenvalue weighted by molar-refractivity contribution is 7.99. The van der Waals surface area contributed by atoms with E-state index < -0.39 is 0 Å². The number of nitrogens with zero attached hydrogens (tertiary/aromatic N) is 3. The fraction of sp³-hybridized carbons (Fsp3) is 0.211. The molecule has 0 aliphatic rings. The van der Waals surface area contributed by atoms with Gasteiger partial charge in [-0.15, -0.1) is 10.2 Å². The smallest absolute Gasteiger partial charge is 0.210 e. The van der Waals surface area contributed by atoms with Crippen molar-refractivity contribution in [3.05, 3.63) is 47.0 Å². The van der Waals surface area contributed by atoms with Gasteiger partial charge in [0.1, 0.15) is 0 Å². The van der Waals surface area contributed by atoms with Gasteiger partial charge in [-0.2, -0.15) is 0 Å². The van der Waals surface area contributed by atoms with Crippen molar-refractivity contribution < 1.29 is 19.0 Å². The Morgan fingerprint density at radius 3 is 2.24 bits per heavy atom. The lowest BCUT2D eigenvalue weighted by molar-refractivity contribution is 0.102. The van der Waals surface area contributed by atoms with Crippen LogP contribution in [0, 0.1) is 0 Å². The van der Waals surface area contributed by atoms with E-state index in [0.29, 0.717) is 44.4 Å². The molecule has 2 aromatic carbocycles. The highest BCUT2D eigenvalue weighted by Crippen LogP contribution is 2.40. The van der Waals surface area contributed by atoms with Crippen LogP contribution in [-0.4, -0.2) is 47.7 Å². The topological polar surface area (TPSA) is 101 Å². The van der Waals surface area contributed by atoms with Crippen LogP contribution >= 0.6 is 23.4 Å². The number of carbonyl (C=O) groups excluding carboxylic acids is 1. The molecule has 1 aromatic heterocycles. The number of hydrogen-bond donors (Lipinski definition) is 1. The number of carbonyl (C=O) groups is 1. The molecule has 0 fully saturated rings. The number of benzene rings is 2. The van der Waals surface area contributed by atoms with E-state index >= 15 is 0 Å². The summed E-state index contributed by atoms with van der Waals surface area (Å²) in [6.07, 6.45) is 0. The Hall–Kier alpha value is -2.91. The van der Waals surface area contributed by atoms with Crippen LogP contribution < -0.4 is 20.1 Å². The minimum Gasteiger partial charge on any atom is -0.493 e. The van der Waals surface area contributed by atoms with Crippen molar-refractivity contribution in [3.8, 4) is 28.6 Å². The second-order valence-corrected chi connectivity index (χ2v) is 7.19. The SMILES string of the molecule is COc1cc(-c2nnc(SCC(=O)c3ccc(Cl)cc3)n2N)cc(OC)c1OC. The van der Waals surface area contributed by atoms with E-state index in [0.717, 1.165) is 0 Å². The van der Waals surface area contributed by atoms with E-state index in [1.165, 1.54) is 37.8 Å². The second kappa shape index (κ2) is 9.06. The molecule has 152 valence electrons. The van der Waals surface area contributed by atoms with E-state index in [4.69, 9.17) is 31.7 Å². The molecule has 3 rings (SSSR count). The predicted molar refractivity (Wildman–Crippen MR) is 112 cm³/mol. The molecule has 1 heterocycles. The van der Waals surface area contributed by atoms with Gasteiger partial charge < -0.3 is 20.1 Å². The summed E-state index contributed by atoms with van der Waals surface area (Å²) in [4.78, 5) is 12.3. The Kier molecular flexibility index (Phi) is 6.50. The van der Waals surface area contributed by atoms with E-state index in [-0.39, 0.29) is 11.5 Å². The van der Waals surface area contributed by atoms with Crippen LogP contribution in [-0.2, 0) is 0 Å². The number of methoxy groups -OCH3 is 3. The number of halogens is 1. The van der Waals surface area contributed by atoms with E-state index in [2.05, 4.69) is 10.2 Å². The summed E-state index contributed by atoms with van der Waals surface area (Å²) in [5, 5.41) is 9.21. The molecule has 0 unspecified atom stereocenters. The molecule has 3 aromatic rings. The Labute approximate surface area is 176 Å². The average molecular weight is 435 g/mol. The van der Waals surface area contributed by atoms with Crippen molar-refractivity contribution in [1.82, 2.24) is 14.9 Å². The van der Waals surface area contributed by atoms with Crippen molar-refractivity contribution in [2.75, 3.05) is 32.9 Å². The van der Waals surface area contributed by atoms with Crippen LogP contribution in [0.3, 0.4) is 0 Å². The summed E-state index contributed by atoms with van der Waals surface area (Å²) < 4.78 is 17.4. The van der Waals surface area contributed by atoms with Crippen LogP contribution in [0.4, 0.5) is 0 Å². The maximum atomic E-state index is 12.3. The lowest BCUT2D eigenvalue weighted by Crippen LogP contribution is -2.13. The highest BCUT2D eigenvalue weighted by atomic mass is 35.5. The molecular weight excluding hydrogens is 416 g/mol. The normalized spacial score (nSPS) is 10.6. The van der Waals surface area contributed by atoms with Gasteiger partial charge in [-0.05, 0) is 36.4 Å². The molecule has 0 amide bonds. The van der Waals surface area contributed by atoms with Gasteiger partial charge in [0.2, 0.25) is 10.9 Å². The first-order chi connectivity index (χ1) is 14.0. The number of hydrogen-bond acceptors (Lipinski definition) is 8. The van der Waals surface area contributed by atoms with Crippen LogP contribution in [0.1, 0.15) is 10.4 Å². The van der Waals surface area contributed by atoms with Crippen LogP contribution in [0.25, 0.3) is 11.4 Å². The number of nitrogen functional groups attached to an aromatic ring is 1. The van der Waals surface area contributed by atoms with E-state index in [1.54, 1.807) is 36.4 Å². The van der Waals surface area contributed by atoms with Gasteiger partial charge >= 0.3 is 0 Å². The van der Waals surface area contributed by atoms with Gasteiger partial charge in [-0.3, -0.25) is 4.79 Å². The fourth-order valence-corrected chi connectivity index (χ4v) is 3.51. The predicted octanol–water partition coefficient (Wildman–Crippen LogP) is 3.31. The van der Waals surface area contributed by atoms with Gasteiger partial charge in [0.25, 0.3) is 0 Å². The van der Waals surface area contributed by atoms with E-state index in [9.17, 15) is 4.79 Å². The van der Waals surface area contributed by atoms with E-state index in [1.807, 2.05) is 0 Å². The van der Waals surface area contributed by atoms with Crippen molar-refractivity contribution in [1.29, 1.82) is 0 Å². The summed E-state index contributed by atoms with van der Waals surface area (Å²) in [6, 6.07) is 10.2. The van der Waals surface area contributed by atoms with Crippen molar-refractivity contribution >= 4 is 29.1 Å². The molecule has 0 atom stereocenters. The summed E-state index contributed by atoms with van der Waals surface area (Å²) in [5.74, 6) is 8.05. The molecule has 0 radical (unpaired) electrons. The molecule has 2 N–H and O–H groups in total. The maximum absolute atomic E-state index is 12.3. The second-order valence-electron chi connectivity index (χ2n) is 5.81. The number of nitrogens with two attached hydrogens (primary N) is 1. The average Bonchev–Trinajstić information content (AvgIpc) is 3.11. The third-order valence-corrected chi connectivity index (χ3v) is 5.28. The van der Waals surface area contributed by atoms with Gasteiger partial charge in [-0.25, -0.2) is 4.68 Å². The molecule has 0 aliphatic heterocycles. The summed E-state index contributed by atoms with van der Waals surface area (Å²) in [7, 11) is 4.58. The number of Topliss-reactive ketones (excluding diaryl/α,β-unsaturated/α-hetero) is 1. The molecule has 29 heavy (non-hydrogen) atoms. The number of ketones is 1. The molecule has 0 saturated carbocycles. The zero-order chi connectivity index (χ0) is 21.0. The van der Waals surface area contributed by atoms with Crippen LogP contribution in [0.15, 0.2) is 41.6 Å². The quantitative estimate of drug-likeness (QED) is 0.327. The molecular formula is C19H19ClN4O4S. The van der Waals surface area contributed by atoms with Crippen LogP contribution in [0.5, 0.6) is 17.2 Å². The summed E-state index contributed by atoms with van der Waals surface area (Å²) in [5.41, 5.74) is 1.19. The summed E-state index contributed by atoms with van der Waals surface area (Å²) in [6.45, 7) is 0. The largest absolute Gasteiger partial charge is 0.493 e. The number of rotatable bonds is 8. The van der Waals surface area contributed by atoms with Crippen molar-refractivity contribution in [2.45, 2.75) is 5.16 Å². The standard InChI is InChI=1S/C19H19ClN4O4S/c1-26-15-8-12(9-16(27-2)17(15)28-3)18-22-23-19(24(18)21)29-10-14(25)11-4-6-13(20)7-5-11/h4-9H,10,21H2,1-3H3. The lowest BCUT2D eigenvalue weighted by atomic mass is 10.1. The minimum atomic E-state index is -0.0657.